The fraction of sp³-hybridized carbons (Fsp3) is 0.545. The number of halogens is 1. The highest BCUT2D eigenvalue weighted by Crippen LogP contribution is 2.20. The molecule has 1 fully saturated rings. The minimum absolute atomic E-state index is 0.198. The number of ether oxygens (including phenoxy) is 1. The van der Waals surface area contributed by atoms with Crippen molar-refractivity contribution in [3.8, 4) is 0 Å². The van der Waals surface area contributed by atoms with Crippen molar-refractivity contribution in [1.82, 2.24) is 15.2 Å². The summed E-state index contributed by atoms with van der Waals surface area (Å²) in [5.41, 5.74) is 1.86. The Morgan fingerprint density at radius 2 is 2.07 bits per heavy atom. The number of nitrogens with zero attached hydrogens (tertiary/aromatic N) is 2. The predicted octanol–water partition coefficient (Wildman–Crippen LogP) is 5.15. The molecule has 1 saturated heterocycles. The van der Waals surface area contributed by atoms with E-state index in [2.05, 4.69) is 39.9 Å². The maximum Gasteiger partial charge on any atom is 0.410 e. The number of likely N-dealkylation sites (tertiary alicyclic amines) is 1. The van der Waals surface area contributed by atoms with Gasteiger partial charge in [0, 0.05) is 36.4 Å². The number of rotatable bonds is 7. The number of hydrogen-bond donors (Lipinski definition) is 2. The van der Waals surface area contributed by atoms with Crippen LogP contribution in [0.3, 0.4) is 0 Å². The molecule has 2 aromatic rings. The zero-order valence-electron chi connectivity index (χ0n) is 17.9. The molecule has 6 nitrogen and oxygen atoms in total. The molecule has 1 aromatic carbocycles. The molecule has 1 aliphatic rings. The van der Waals surface area contributed by atoms with E-state index in [4.69, 9.17) is 16.3 Å². The van der Waals surface area contributed by atoms with Gasteiger partial charge in [0.05, 0.1) is 6.54 Å². The molecule has 1 aliphatic heterocycles. The van der Waals surface area contributed by atoms with E-state index >= 15 is 0 Å². The van der Waals surface area contributed by atoms with Crippen molar-refractivity contribution in [2.24, 2.45) is 5.92 Å². The highest BCUT2D eigenvalue weighted by molar-refractivity contribution is 7.15. The first kappa shape index (κ1) is 22.8. The van der Waals surface area contributed by atoms with Crippen molar-refractivity contribution in [2.75, 3.05) is 25.0 Å². The average Bonchev–Trinajstić information content (AvgIpc) is 3.11. The molecule has 1 atom stereocenters. The van der Waals surface area contributed by atoms with Crippen molar-refractivity contribution < 1.29 is 9.53 Å². The van der Waals surface area contributed by atoms with E-state index in [-0.39, 0.29) is 6.09 Å². The number of anilines is 1. The largest absolute Gasteiger partial charge is 0.444 e. The van der Waals surface area contributed by atoms with Crippen molar-refractivity contribution in [3.63, 3.8) is 0 Å². The second-order valence-electron chi connectivity index (χ2n) is 8.70. The monoisotopic (exact) mass is 450 g/mol. The summed E-state index contributed by atoms with van der Waals surface area (Å²) in [7, 11) is 0. The number of carbonyl (C=O) groups excluding carboxylic acids is 1. The molecule has 164 valence electrons. The van der Waals surface area contributed by atoms with Crippen molar-refractivity contribution in [2.45, 2.75) is 52.3 Å². The summed E-state index contributed by atoms with van der Waals surface area (Å²) in [5.74, 6) is 0.457. The zero-order valence-corrected chi connectivity index (χ0v) is 19.5. The third kappa shape index (κ3) is 7.45. The standard InChI is InChI=1S/C22H31ClN4O2S/c1-22(2,3)29-21(28)27-10-4-5-17(15-27)12-24-11-16-6-8-18(9-7-16)25-13-19-14-26-20(23)30-19/h6-9,14,17,24-25H,4-5,10-13,15H2,1-3H3. The second-order valence-corrected chi connectivity index (χ2v) is 10.4. The fourth-order valence-corrected chi connectivity index (χ4v) is 4.36. The molecule has 30 heavy (non-hydrogen) atoms. The molecule has 0 aliphatic carbocycles. The van der Waals surface area contributed by atoms with E-state index in [9.17, 15) is 4.79 Å². The Morgan fingerprint density at radius 1 is 1.30 bits per heavy atom. The van der Waals surface area contributed by atoms with E-state index in [0.29, 0.717) is 10.4 Å². The van der Waals surface area contributed by atoms with E-state index in [1.807, 2.05) is 25.7 Å². The number of hydrogen-bond acceptors (Lipinski definition) is 6. The average molecular weight is 451 g/mol. The molecule has 1 aromatic heterocycles. The smallest absolute Gasteiger partial charge is 0.410 e. The van der Waals surface area contributed by atoms with Gasteiger partial charge in [-0.3, -0.25) is 0 Å². The predicted molar refractivity (Wildman–Crippen MR) is 123 cm³/mol. The van der Waals surface area contributed by atoms with Gasteiger partial charge < -0.3 is 20.3 Å². The summed E-state index contributed by atoms with van der Waals surface area (Å²) in [4.78, 5) is 19.3. The lowest BCUT2D eigenvalue weighted by Gasteiger charge is -2.34. The minimum atomic E-state index is -0.447. The number of amides is 1. The van der Waals surface area contributed by atoms with Crippen LogP contribution in [0.2, 0.25) is 4.47 Å². The second kappa shape index (κ2) is 10.5. The maximum atomic E-state index is 12.3. The van der Waals surface area contributed by atoms with Gasteiger partial charge in [0.15, 0.2) is 4.47 Å². The van der Waals surface area contributed by atoms with Crippen LogP contribution in [0.15, 0.2) is 30.5 Å². The first-order chi connectivity index (χ1) is 14.3. The number of piperidine rings is 1. The lowest BCUT2D eigenvalue weighted by molar-refractivity contribution is 0.0166. The molecule has 0 bridgehead atoms. The van der Waals surface area contributed by atoms with Crippen LogP contribution in [0.4, 0.5) is 10.5 Å². The van der Waals surface area contributed by atoms with Gasteiger partial charge in [-0.1, -0.05) is 23.7 Å². The van der Waals surface area contributed by atoms with Crippen molar-refractivity contribution in [3.05, 3.63) is 45.4 Å². The highest BCUT2D eigenvalue weighted by atomic mass is 35.5. The van der Waals surface area contributed by atoms with Gasteiger partial charge in [-0.25, -0.2) is 9.78 Å². The summed E-state index contributed by atoms with van der Waals surface area (Å²) >= 11 is 7.35. The fourth-order valence-electron chi connectivity index (χ4n) is 3.44. The molecule has 0 spiro atoms. The Balaban J connectivity index is 1.38. The van der Waals surface area contributed by atoms with E-state index in [0.717, 1.165) is 56.1 Å². The lowest BCUT2D eigenvalue weighted by atomic mass is 9.98. The third-order valence-electron chi connectivity index (χ3n) is 4.88. The third-order valence-corrected chi connectivity index (χ3v) is 5.99. The lowest BCUT2D eigenvalue weighted by Crippen LogP contribution is -2.44. The van der Waals surface area contributed by atoms with E-state index < -0.39 is 5.60 Å². The summed E-state index contributed by atoms with van der Waals surface area (Å²) in [5, 5.41) is 6.92. The van der Waals surface area contributed by atoms with Crippen LogP contribution >= 0.6 is 22.9 Å². The Bertz CT molecular complexity index is 819. The first-order valence-electron chi connectivity index (χ1n) is 10.4. The Morgan fingerprint density at radius 3 is 2.73 bits per heavy atom. The minimum Gasteiger partial charge on any atom is -0.444 e. The van der Waals surface area contributed by atoms with Crippen LogP contribution < -0.4 is 10.6 Å². The Hall–Kier alpha value is -1.83. The SMILES string of the molecule is CC(C)(C)OC(=O)N1CCCC(CNCc2ccc(NCc3cnc(Cl)s3)cc2)C1. The molecular formula is C22H31ClN4O2S. The van der Waals surface area contributed by atoms with Gasteiger partial charge in [-0.05, 0) is 63.8 Å². The summed E-state index contributed by atoms with van der Waals surface area (Å²) in [6.45, 7) is 9.69. The Labute approximate surface area is 188 Å². The van der Waals surface area contributed by atoms with Gasteiger partial charge in [-0.2, -0.15) is 0 Å². The number of aromatic nitrogens is 1. The quantitative estimate of drug-likeness (QED) is 0.610. The van der Waals surface area contributed by atoms with Gasteiger partial charge in [0.1, 0.15) is 5.60 Å². The Kier molecular flexibility index (Phi) is 7.97. The molecule has 2 N–H and O–H groups in total. The van der Waals surface area contributed by atoms with Gasteiger partial charge in [-0.15, -0.1) is 11.3 Å². The summed E-state index contributed by atoms with van der Waals surface area (Å²) in [6, 6.07) is 8.43. The summed E-state index contributed by atoms with van der Waals surface area (Å²) < 4.78 is 6.08. The number of benzene rings is 1. The molecule has 0 saturated carbocycles. The molecule has 8 heteroatoms. The normalized spacial score (nSPS) is 17.1. The van der Waals surface area contributed by atoms with Gasteiger partial charge >= 0.3 is 6.09 Å². The van der Waals surface area contributed by atoms with Crippen LogP contribution in [-0.2, 0) is 17.8 Å². The van der Waals surface area contributed by atoms with Crippen LogP contribution in [-0.4, -0.2) is 41.2 Å². The van der Waals surface area contributed by atoms with Crippen LogP contribution in [0.25, 0.3) is 0 Å². The molecule has 0 radical (unpaired) electrons. The molecule has 2 heterocycles. The van der Waals surface area contributed by atoms with Crippen LogP contribution in [0, 0.1) is 5.92 Å². The van der Waals surface area contributed by atoms with E-state index in [1.54, 1.807) is 6.20 Å². The van der Waals surface area contributed by atoms with Crippen molar-refractivity contribution >= 4 is 34.7 Å². The number of carbonyl (C=O) groups is 1. The van der Waals surface area contributed by atoms with Crippen LogP contribution in [0.1, 0.15) is 44.1 Å². The number of nitrogens with one attached hydrogen (secondary N) is 2. The summed E-state index contributed by atoms with van der Waals surface area (Å²) in [6.07, 6.45) is 3.76. The van der Waals surface area contributed by atoms with Crippen molar-refractivity contribution in [1.29, 1.82) is 0 Å². The van der Waals surface area contributed by atoms with Gasteiger partial charge in [0.25, 0.3) is 0 Å². The molecule has 1 amide bonds. The van der Waals surface area contributed by atoms with E-state index in [1.165, 1.54) is 16.9 Å². The maximum absolute atomic E-state index is 12.3. The van der Waals surface area contributed by atoms with Gasteiger partial charge in [0.2, 0.25) is 0 Å². The zero-order chi connectivity index (χ0) is 21.6. The highest BCUT2D eigenvalue weighted by Gasteiger charge is 2.27. The number of thiazole rings is 1. The molecule has 1 unspecified atom stereocenters. The topological polar surface area (TPSA) is 66.5 Å². The first-order valence-corrected chi connectivity index (χ1v) is 11.6. The van der Waals surface area contributed by atoms with Crippen LogP contribution in [0.5, 0.6) is 0 Å². The molecular weight excluding hydrogens is 420 g/mol. The molecule has 3 rings (SSSR count).